The molecule has 1 heterocycles. The number of hydrogen-bond donors (Lipinski definition) is 3. The van der Waals surface area contributed by atoms with Crippen molar-refractivity contribution in [2.45, 2.75) is 52.1 Å². The summed E-state index contributed by atoms with van der Waals surface area (Å²) in [6.45, 7) is 7.20. The van der Waals surface area contributed by atoms with E-state index in [1.165, 1.54) is 5.56 Å². The summed E-state index contributed by atoms with van der Waals surface area (Å²) in [7, 11) is 0. The van der Waals surface area contributed by atoms with E-state index in [2.05, 4.69) is 49.6 Å². The molecular weight excluding hydrogens is 521 g/mol. The highest BCUT2D eigenvalue weighted by molar-refractivity contribution is 14.0. The molecule has 1 aliphatic rings. The second-order valence-corrected chi connectivity index (χ2v) is 7.51. The van der Waals surface area contributed by atoms with Gasteiger partial charge < -0.3 is 25.3 Å². The number of hydrogen-bond acceptors (Lipinski definition) is 5. The van der Waals surface area contributed by atoms with Crippen molar-refractivity contribution < 1.29 is 9.53 Å². The van der Waals surface area contributed by atoms with E-state index in [-0.39, 0.29) is 36.5 Å². The van der Waals surface area contributed by atoms with Crippen LogP contribution in [0.25, 0.3) is 0 Å². The number of nitrogens with one attached hydrogen (secondary N) is 3. The fourth-order valence-electron chi connectivity index (χ4n) is 3.07. The van der Waals surface area contributed by atoms with E-state index in [1.54, 1.807) is 6.33 Å². The minimum absolute atomic E-state index is 0. The van der Waals surface area contributed by atoms with Crippen molar-refractivity contribution in [3.63, 3.8) is 0 Å². The highest BCUT2D eigenvalue weighted by atomic mass is 127. The van der Waals surface area contributed by atoms with E-state index in [0.717, 1.165) is 57.1 Å². The minimum atomic E-state index is -0.0559. The van der Waals surface area contributed by atoms with Crippen LogP contribution in [-0.4, -0.2) is 58.9 Å². The van der Waals surface area contributed by atoms with Gasteiger partial charge in [0.1, 0.15) is 17.9 Å². The van der Waals surface area contributed by atoms with Crippen LogP contribution in [0.1, 0.15) is 38.1 Å². The summed E-state index contributed by atoms with van der Waals surface area (Å²) in [4.78, 5) is 16.4. The van der Waals surface area contributed by atoms with Gasteiger partial charge >= 0.3 is 0 Å². The molecule has 1 fully saturated rings. The number of carbonyl (C=O) groups excluding carboxylic acids is 1. The van der Waals surface area contributed by atoms with Crippen molar-refractivity contribution in [3.05, 3.63) is 42.0 Å². The topological polar surface area (TPSA) is 105 Å². The predicted octanol–water partition coefficient (Wildman–Crippen LogP) is 1.91. The van der Waals surface area contributed by atoms with Gasteiger partial charge in [-0.05, 0) is 43.9 Å². The summed E-state index contributed by atoms with van der Waals surface area (Å²) in [5, 5.41) is 17.6. The molecule has 1 aliphatic carbocycles. The van der Waals surface area contributed by atoms with Crippen molar-refractivity contribution in [3.8, 4) is 5.75 Å². The van der Waals surface area contributed by atoms with Crippen molar-refractivity contribution in [1.29, 1.82) is 0 Å². The Balaban J connectivity index is 0.00000363. The van der Waals surface area contributed by atoms with Crippen LogP contribution in [0.3, 0.4) is 0 Å². The van der Waals surface area contributed by atoms with Gasteiger partial charge in [-0.2, -0.15) is 0 Å². The Labute approximate surface area is 206 Å². The van der Waals surface area contributed by atoms with Crippen molar-refractivity contribution in [2.24, 2.45) is 4.99 Å². The lowest BCUT2D eigenvalue weighted by Gasteiger charge is -2.12. The number of ether oxygens (including phenoxy) is 1. The zero-order valence-electron chi connectivity index (χ0n) is 18.8. The van der Waals surface area contributed by atoms with Crippen LogP contribution in [0.15, 0.2) is 35.6 Å². The Morgan fingerprint density at radius 2 is 2.00 bits per heavy atom. The van der Waals surface area contributed by atoms with Gasteiger partial charge in [0.05, 0.1) is 0 Å². The quantitative estimate of drug-likeness (QED) is 0.210. The van der Waals surface area contributed by atoms with Gasteiger partial charge in [0.25, 0.3) is 5.91 Å². The number of carbonyl (C=O) groups is 1. The Hall–Kier alpha value is -2.37. The molecule has 10 heteroatoms. The number of aliphatic imine (C=N–C) groups is 1. The maximum Gasteiger partial charge on any atom is 0.258 e. The molecule has 1 saturated carbocycles. The minimum Gasteiger partial charge on any atom is -0.484 e. The lowest BCUT2D eigenvalue weighted by molar-refractivity contribution is -0.123. The zero-order chi connectivity index (χ0) is 21.9. The Kier molecular flexibility index (Phi) is 11.3. The second-order valence-electron chi connectivity index (χ2n) is 7.51. The van der Waals surface area contributed by atoms with Crippen molar-refractivity contribution >= 4 is 35.8 Å². The van der Waals surface area contributed by atoms with Crippen LogP contribution < -0.4 is 20.7 Å². The largest absolute Gasteiger partial charge is 0.484 e. The monoisotopic (exact) mass is 555 g/mol. The summed E-state index contributed by atoms with van der Waals surface area (Å²) in [6.07, 6.45) is 5.61. The first kappa shape index (κ1) is 25.9. The van der Waals surface area contributed by atoms with Gasteiger partial charge in [-0.25, -0.2) is 0 Å². The van der Waals surface area contributed by atoms with E-state index in [0.29, 0.717) is 18.3 Å². The van der Waals surface area contributed by atoms with Crippen LogP contribution in [0, 0.1) is 0 Å². The van der Waals surface area contributed by atoms with E-state index < -0.39 is 0 Å². The summed E-state index contributed by atoms with van der Waals surface area (Å²) in [5.74, 6) is 2.43. The third-order valence-electron chi connectivity index (χ3n) is 4.91. The van der Waals surface area contributed by atoms with E-state index >= 15 is 0 Å². The number of aromatic nitrogens is 3. The molecule has 2 aromatic rings. The molecule has 176 valence electrons. The van der Waals surface area contributed by atoms with Crippen LogP contribution >= 0.6 is 24.0 Å². The molecule has 0 bridgehead atoms. The van der Waals surface area contributed by atoms with E-state index in [4.69, 9.17) is 4.74 Å². The third kappa shape index (κ3) is 9.01. The molecule has 9 nitrogen and oxygen atoms in total. The fraction of sp³-hybridized carbons (Fsp3) is 0.545. The molecule has 1 aromatic carbocycles. The molecule has 0 aliphatic heterocycles. The molecule has 0 spiro atoms. The molecule has 0 atom stereocenters. The highest BCUT2D eigenvalue weighted by Crippen LogP contribution is 2.18. The summed E-state index contributed by atoms with van der Waals surface area (Å²) >= 11 is 0. The first-order valence-corrected chi connectivity index (χ1v) is 11.1. The lowest BCUT2D eigenvalue weighted by Crippen LogP contribution is -2.39. The van der Waals surface area contributed by atoms with E-state index in [1.807, 2.05) is 24.3 Å². The summed E-state index contributed by atoms with van der Waals surface area (Å²) < 4.78 is 7.60. The molecule has 32 heavy (non-hydrogen) atoms. The number of amides is 1. The van der Waals surface area contributed by atoms with E-state index in [9.17, 15) is 4.79 Å². The normalized spacial score (nSPS) is 13.2. The van der Waals surface area contributed by atoms with Crippen LogP contribution in [0.4, 0.5) is 0 Å². The SMILES string of the molecule is CCNC(=NCCc1ccc(OCC(=O)NC2CC2)cc1)NCCn1cnnc1CC.I. The Morgan fingerprint density at radius 3 is 2.69 bits per heavy atom. The Morgan fingerprint density at radius 1 is 1.22 bits per heavy atom. The fourth-order valence-corrected chi connectivity index (χ4v) is 3.07. The third-order valence-corrected chi connectivity index (χ3v) is 4.91. The lowest BCUT2D eigenvalue weighted by atomic mass is 10.1. The van der Waals surface area contributed by atoms with Gasteiger partial charge in [0.2, 0.25) is 0 Å². The van der Waals surface area contributed by atoms with Crippen molar-refractivity contribution in [1.82, 2.24) is 30.7 Å². The number of halogens is 1. The first-order valence-electron chi connectivity index (χ1n) is 11.1. The second kappa shape index (κ2) is 13.9. The zero-order valence-corrected chi connectivity index (χ0v) is 21.2. The van der Waals surface area contributed by atoms with Crippen LogP contribution in [-0.2, 0) is 24.2 Å². The molecule has 0 radical (unpaired) electrons. The number of nitrogens with zero attached hydrogens (tertiary/aromatic N) is 4. The van der Waals surface area contributed by atoms with Gasteiger partial charge in [0.15, 0.2) is 12.6 Å². The molecular formula is C22H34IN7O2. The van der Waals surface area contributed by atoms with Crippen LogP contribution in [0.2, 0.25) is 0 Å². The van der Waals surface area contributed by atoms with Crippen LogP contribution in [0.5, 0.6) is 5.75 Å². The number of guanidine groups is 1. The Bertz CT molecular complexity index is 850. The molecule has 1 aromatic heterocycles. The van der Waals surface area contributed by atoms with Gasteiger partial charge in [-0.15, -0.1) is 34.2 Å². The van der Waals surface area contributed by atoms with Gasteiger partial charge in [-0.3, -0.25) is 9.79 Å². The smallest absolute Gasteiger partial charge is 0.258 e. The number of benzene rings is 1. The standard InChI is InChI=1S/C22H33N7O2.HI/c1-3-20-28-26-16-29(20)14-13-25-22(23-4-2)24-12-11-17-5-9-19(10-6-17)31-15-21(30)27-18-7-8-18;/h5-6,9-10,16,18H,3-4,7-8,11-15H2,1-2H3,(H,27,30)(H2,23,24,25);1H. The summed E-state index contributed by atoms with van der Waals surface area (Å²) in [5.41, 5.74) is 1.17. The maximum atomic E-state index is 11.7. The average molecular weight is 555 g/mol. The molecule has 1 amide bonds. The molecule has 3 rings (SSSR count). The van der Waals surface area contributed by atoms with Gasteiger partial charge in [-0.1, -0.05) is 19.1 Å². The number of rotatable bonds is 12. The van der Waals surface area contributed by atoms with Crippen molar-refractivity contribution in [2.75, 3.05) is 26.2 Å². The maximum absolute atomic E-state index is 11.7. The predicted molar refractivity (Wildman–Crippen MR) is 136 cm³/mol. The number of aryl methyl sites for hydroxylation is 1. The first-order chi connectivity index (χ1) is 15.2. The summed E-state index contributed by atoms with van der Waals surface area (Å²) in [6, 6.07) is 8.19. The average Bonchev–Trinajstić information content (AvgIpc) is 3.47. The highest BCUT2D eigenvalue weighted by Gasteiger charge is 2.23. The molecule has 0 saturated heterocycles. The van der Waals surface area contributed by atoms with Gasteiger partial charge in [0, 0.05) is 38.6 Å². The molecule has 0 unspecified atom stereocenters. The molecule has 3 N–H and O–H groups in total.